The molecule has 0 spiro atoms. The molecule has 0 amide bonds. The number of aliphatic hydroxyl groups excluding tert-OH is 2. The van der Waals surface area contributed by atoms with Crippen LogP contribution in [0.2, 0.25) is 0 Å². The second-order valence-electron chi connectivity index (χ2n) is 13.5. The van der Waals surface area contributed by atoms with E-state index in [4.69, 9.17) is 9.47 Å². The number of unbranched alkanes of at least 4 members (excludes halogenated alkanes) is 20. The molecule has 5 heteroatoms. The number of carbonyl (C=O) groups excluding carboxylic acids is 1. The van der Waals surface area contributed by atoms with E-state index in [0.29, 0.717) is 0 Å². The zero-order chi connectivity index (χ0) is 30.3. The summed E-state index contributed by atoms with van der Waals surface area (Å²) in [6, 6.07) is 0. The molecule has 246 valence electrons. The van der Waals surface area contributed by atoms with Gasteiger partial charge in [-0.2, -0.15) is 0 Å². The molecular weight excluding hydrogens is 524 g/mol. The summed E-state index contributed by atoms with van der Waals surface area (Å²) in [6.07, 6.45) is 33.4. The maximum atomic E-state index is 11.6. The van der Waals surface area contributed by atoms with Crippen LogP contribution in [0, 0.1) is 0 Å². The fourth-order valence-corrected chi connectivity index (χ4v) is 6.72. The number of cyclic esters (lactones) is 1. The van der Waals surface area contributed by atoms with Gasteiger partial charge in [0, 0.05) is 5.57 Å². The summed E-state index contributed by atoms with van der Waals surface area (Å²) in [4.78, 5) is 11.6. The Balaban J connectivity index is 1.32. The fourth-order valence-electron chi connectivity index (χ4n) is 6.72. The van der Waals surface area contributed by atoms with Crippen molar-refractivity contribution >= 4 is 5.97 Å². The predicted molar refractivity (Wildman–Crippen MR) is 175 cm³/mol. The third-order valence-electron chi connectivity index (χ3n) is 9.48. The molecule has 1 fully saturated rings. The Hall–Kier alpha value is -0.910. The SMILES string of the molecule is CCCCCCCCCCCC[C@@H](O)[C@H]1CC[C@H]([C@H](O)CCCCCCCCCCCCCCC2=CC(C)OC2=O)O1. The Morgan fingerprint density at radius 1 is 0.643 bits per heavy atom. The van der Waals surface area contributed by atoms with Gasteiger partial charge in [0.1, 0.15) is 6.10 Å². The second kappa shape index (κ2) is 24.4. The average molecular weight is 593 g/mol. The minimum Gasteiger partial charge on any atom is -0.455 e. The van der Waals surface area contributed by atoms with Crippen molar-refractivity contribution in [1.29, 1.82) is 0 Å². The maximum Gasteiger partial charge on any atom is 0.334 e. The zero-order valence-electron chi connectivity index (χ0n) is 27.7. The van der Waals surface area contributed by atoms with Crippen molar-refractivity contribution in [2.24, 2.45) is 0 Å². The molecule has 2 heterocycles. The van der Waals surface area contributed by atoms with Crippen LogP contribution in [-0.4, -0.2) is 46.7 Å². The molecular formula is C37H68O5. The number of rotatable bonds is 28. The first-order valence-corrected chi connectivity index (χ1v) is 18.4. The van der Waals surface area contributed by atoms with Gasteiger partial charge >= 0.3 is 5.97 Å². The summed E-state index contributed by atoms with van der Waals surface area (Å²) in [5.41, 5.74) is 0.877. The van der Waals surface area contributed by atoms with E-state index in [2.05, 4.69) is 6.92 Å². The van der Waals surface area contributed by atoms with Crippen LogP contribution < -0.4 is 0 Å². The highest BCUT2D eigenvalue weighted by atomic mass is 16.5. The Kier molecular flexibility index (Phi) is 21.7. The number of esters is 1. The first kappa shape index (κ1) is 37.3. The average Bonchev–Trinajstić information content (AvgIpc) is 3.60. The van der Waals surface area contributed by atoms with Crippen molar-refractivity contribution in [3.05, 3.63) is 11.6 Å². The molecule has 0 aromatic rings. The van der Waals surface area contributed by atoms with E-state index in [9.17, 15) is 15.0 Å². The lowest BCUT2D eigenvalue weighted by Crippen LogP contribution is -2.31. The Labute approximate surface area is 259 Å². The minimum atomic E-state index is -0.383. The summed E-state index contributed by atoms with van der Waals surface area (Å²) in [5, 5.41) is 21.2. The van der Waals surface area contributed by atoms with Gasteiger partial charge in [0.05, 0.1) is 24.4 Å². The quantitative estimate of drug-likeness (QED) is 0.0698. The van der Waals surface area contributed by atoms with E-state index in [1.165, 1.54) is 122 Å². The van der Waals surface area contributed by atoms with Crippen LogP contribution in [0.15, 0.2) is 11.6 Å². The van der Waals surface area contributed by atoms with E-state index < -0.39 is 0 Å². The first-order valence-electron chi connectivity index (χ1n) is 18.4. The van der Waals surface area contributed by atoms with Crippen molar-refractivity contribution < 1.29 is 24.5 Å². The van der Waals surface area contributed by atoms with Gasteiger partial charge in [-0.1, -0.05) is 142 Å². The lowest BCUT2D eigenvalue weighted by atomic mass is 10.00. The Bertz CT molecular complexity index is 692. The second-order valence-corrected chi connectivity index (χ2v) is 13.5. The van der Waals surface area contributed by atoms with Crippen LogP contribution in [0.4, 0.5) is 0 Å². The fraction of sp³-hybridized carbons (Fsp3) is 0.919. The molecule has 1 unspecified atom stereocenters. The van der Waals surface area contributed by atoms with Crippen LogP contribution in [0.25, 0.3) is 0 Å². The van der Waals surface area contributed by atoms with Crippen molar-refractivity contribution in [2.45, 2.75) is 218 Å². The van der Waals surface area contributed by atoms with Crippen LogP contribution in [0.1, 0.15) is 187 Å². The predicted octanol–water partition coefficient (Wildman–Crippen LogP) is 9.90. The first-order chi connectivity index (χ1) is 20.5. The summed E-state index contributed by atoms with van der Waals surface area (Å²) < 4.78 is 11.3. The van der Waals surface area contributed by atoms with Crippen molar-refractivity contribution in [1.82, 2.24) is 0 Å². The molecule has 2 rings (SSSR count). The van der Waals surface area contributed by atoms with E-state index >= 15 is 0 Å². The van der Waals surface area contributed by atoms with Crippen molar-refractivity contribution in [3.8, 4) is 0 Å². The molecule has 0 radical (unpaired) electrons. The van der Waals surface area contributed by atoms with Gasteiger partial charge in [-0.05, 0) is 51.5 Å². The van der Waals surface area contributed by atoms with Crippen molar-refractivity contribution in [3.63, 3.8) is 0 Å². The van der Waals surface area contributed by atoms with Gasteiger partial charge < -0.3 is 19.7 Å². The molecule has 2 aliphatic heterocycles. The monoisotopic (exact) mass is 593 g/mol. The van der Waals surface area contributed by atoms with E-state index in [1.54, 1.807) is 0 Å². The highest BCUT2D eigenvalue weighted by molar-refractivity contribution is 5.90. The lowest BCUT2D eigenvalue weighted by molar-refractivity contribution is -0.139. The molecule has 0 aromatic heterocycles. The minimum absolute atomic E-state index is 0.0387. The Morgan fingerprint density at radius 2 is 1.02 bits per heavy atom. The molecule has 42 heavy (non-hydrogen) atoms. The van der Waals surface area contributed by atoms with E-state index in [-0.39, 0.29) is 36.5 Å². The van der Waals surface area contributed by atoms with Gasteiger partial charge in [0.2, 0.25) is 0 Å². The van der Waals surface area contributed by atoms with Gasteiger partial charge in [-0.3, -0.25) is 0 Å². The standard InChI is InChI=1S/C37H68O5/c1-3-4-5-6-7-8-14-17-20-23-26-33(38)35-28-29-36(42-35)34(39)27-24-21-18-15-12-10-9-11-13-16-19-22-25-32-30-31(2)41-37(32)40/h30-31,33-36,38-39H,3-29H2,1-2H3/t31?,33-,34-,35-,36-/m1/s1. The topological polar surface area (TPSA) is 76.0 Å². The van der Waals surface area contributed by atoms with Gasteiger partial charge in [-0.15, -0.1) is 0 Å². The molecule has 0 aliphatic carbocycles. The normalized spacial score (nSPS) is 22.0. The number of hydrogen-bond donors (Lipinski definition) is 2. The molecule has 1 saturated heterocycles. The van der Waals surface area contributed by atoms with Crippen LogP contribution in [0.5, 0.6) is 0 Å². The summed E-state index contributed by atoms with van der Waals surface area (Å²) >= 11 is 0. The highest BCUT2D eigenvalue weighted by Crippen LogP contribution is 2.28. The number of aliphatic hydroxyl groups is 2. The highest BCUT2D eigenvalue weighted by Gasteiger charge is 2.34. The van der Waals surface area contributed by atoms with Crippen LogP contribution >= 0.6 is 0 Å². The summed E-state index contributed by atoms with van der Waals surface area (Å²) in [6.45, 7) is 4.19. The largest absolute Gasteiger partial charge is 0.455 e. The molecule has 2 aliphatic rings. The van der Waals surface area contributed by atoms with Crippen molar-refractivity contribution in [2.75, 3.05) is 0 Å². The van der Waals surface area contributed by atoms with E-state index in [1.807, 2.05) is 13.0 Å². The van der Waals surface area contributed by atoms with Gasteiger partial charge in [-0.25, -0.2) is 4.79 Å². The number of ether oxygens (including phenoxy) is 2. The molecule has 0 aromatic carbocycles. The number of hydrogen-bond acceptors (Lipinski definition) is 5. The third kappa shape index (κ3) is 17.4. The molecule has 5 nitrogen and oxygen atoms in total. The van der Waals surface area contributed by atoms with Gasteiger partial charge in [0.15, 0.2) is 0 Å². The summed E-state index contributed by atoms with van der Waals surface area (Å²) in [7, 11) is 0. The van der Waals surface area contributed by atoms with Crippen LogP contribution in [-0.2, 0) is 14.3 Å². The molecule has 2 N–H and O–H groups in total. The van der Waals surface area contributed by atoms with E-state index in [0.717, 1.165) is 56.9 Å². The Morgan fingerprint density at radius 3 is 1.40 bits per heavy atom. The summed E-state index contributed by atoms with van der Waals surface area (Å²) in [5.74, 6) is -0.111. The molecule has 5 atom stereocenters. The molecule has 0 saturated carbocycles. The smallest absolute Gasteiger partial charge is 0.334 e. The number of carbonyl (C=O) groups is 1. The van der Waals surface area contributed by atoms with Gasteiger partial charge in [0.25, 0.3) is 0 Å². The third-order valence-corrected chi connectivity index (χ3v) is 9.48. The maximum absolute atomic E-state index is 11.6. The zero-order valence-corrected chi connectivity index (χ0v) is 27.7. The lowest BCUT2D eigenvalue weighted by Gasteiger charge is -2.22. The molecule has 0 bridgehead atoms. The van der Waals surface area contributed by atoms with Crippen LogP contribution in [0.3, 0.4) is 0 Å².